The van der Waals surface area contributed by atoms with E-state index in [1.807, 2.05) is 11.3 Å². The van der Waals surface area contributed by atoms with Gasteiger partial charge in [0, 0.05) is 12.1 Å². The SMILES string of the molecule is CC(NC1C2C3CCC(C3)C12)c1ccsc1. The fourth-order valence-corrected chi connectivity index (χ4v) is 5.21. The minimum absolute atomic E-state index is 0.557. The van der Waals surface area contributed by atoms with E-state index >= 15 is 0 Å². The number of hydrogen-bond acceptors (Lipinski definition) is 2. The highest BCUT2D eigenvalue weighted by atomic mass is 32.1. The van der Waals surface area contributed by atoms with Crippen molar-refractivity contribution in [1.82, 2.24) is 5.32 Å². The van der Waals surface area contributed by atoms with E-state index in [1.54, 1.807) is 6.42 Å². The van der Waals surface area contributed by atoms with Crippen LogP contribution in [0.1, 0.15) is 37.8 Å². The maximum absolute atomic E-state index is 3.87. The number of hydrogen-bond donors (Lipinski definition) is 1. The van der Waals surface area contributed by atoms with Gasteiger partial charge in [-0.15, -0.1) is 0 Å². The molecule has 0 aliphatic heterocycles. The predicted molar refractivity (Wildman–Crippen MR) is 67.5 cm³/mol. The van der Waals surface area contributed by atoms with Crippen molar-refractivity contribution in [3.8, 4) is 0 Å². The summed E-state index contributed by atoms with van der Waals surface area (Å²) in [4.78, 5) is 0. The molecular weight excluding hydrogens is 214 g/mol. The Bertz CT molecular complexity index is 369. The molecule has 5 unspecified atom stereocenters. The largest absolute Gasteiger partial charge is 0.307 e. The van der Waals surface area contributed by atoms with Gasteiger partial charge in [-0.1, -0.05) is 0 Å². The molecule has 1 heterocycles. The zero-order valence-corrected chi connectivity index (χ0v) is 10.5. The van der Waals surface area contributed by atoms with Gasteiger partial charge in [0.2, 0.25) is 0 Å². The van der Waals surface area contributed by atoms with Crippen LogP contribution >= 0.6 is 11.3 Å². The summed E-state index contributed by atoms with van der Waals surface area (Å²) in [6.45, 7) is 2.32. The van der Waals surface area contributed by atoms with Crippen molar-refractivity contribution in [3.63, 3.8) is 0 Å². The van der Waals surface area contributed by atoms with Gasteiger partial charge in [-0.25, -0.2) is 0 Å². The summed E-state index contributed by atoms with van der Waals surface area (Å²) < 4.78 is 0. The van der Waals surface area contributed by atoms with Gasteiger partial charge < -0.3 is 5.32 Å². The van der Waals surface area contributed by atoms with E-state index < -0.39 is 0 Å². The van der Waals surface area contributed by atoms with E-state index in [0.29, 0.717) is 6.04 Å². The number of nitrogens with one attached hydrogen (secondary N) is 1. The molecule has 0 aromatic carbocycles. The molecule has 1 aromatic rings. The highest BCUT2D eigenvalue weighted by Crippen LogP contribution is 2.65. The highest BCUT2D eigenvalue weighted by Gasteiger charge is 2.64. The van der Waals surface area contributed by atoms with Crippen molar-refractivity contribution >= 4 is 11.3 Å². The van der Waals surface area contributed by atoms with Gasteiger partial charge in [0.25, 0.3) is 0 Å². The van der Waals surface area contributed by atoms with Gasteiger partial charge >= 0.3 is 0 Å². The van der Waals surface area contributed by atoms with Crippen LogP contribution in [0.15, 0.2) is 16.8 Å². The number of fused-ring (bicyclic) bond motifs is 5. The van der Waals surface area contributed by atoms with Crippen LogP contribution in [0.25, 0.3) is 0 Å². The second kappa shape index (κ2) is 3.33. The number of rotatable bonds is 3. The minimum Gasteiger partial charge on any atom is -0.307 e. The molecule has 4 rings (SSSR count). The molecule has 1 N–H and O–H groups in total. The van der Waals surface area contributed by atoms with Crippen molar-refractivity contribution in [2.45, 2.75) is 38.3 Å². The zero-order chi connectivity index (χ0) is 10.7. The topological polar surface area (TPSA) is 12.0 Å². The van der Waals surface area contributed by atoms with E-state index in [0.717, 1.165) is 29.7 Å². The summed E-state index contributed by atoms with van der Waals surface area (Å²) >= 11 is 1.81. The third kappa shape index (κ3) is 1.26. The van der Waals surface area contributed by atoms with Crippen LogP contribution in [0.5, 0.6) is 0 Å². The first-order valence-corrected chi connectivity index (χ1v) is 7.57. The molecule has 0 spiro atoms. The first-order chi connectivity index (χ1) is 7.84. The Labute approximate surface area is 101 Å². The average molecular weight is 233 g/mol. The molecule has 0 amide bonds. The van der Waals surface area contributed by atoms with Gasteiger partial charge in [-0.2, -0.15) is 11.3 Å². The molecule has 0 saturated heterocycles. The van der Waals surface area contributed by atoms with Crippen LogP contribution < -0.4 is 5.32 Å². The molecule has 2 heteroatoms. The molecule has 3 aliphatic carbocycles. The summed E-state index contributed by atoms with van der Waals surface area (Å²) in [5.41, 5.74) is 1.47. The van der Waals surface area contributed by atoms with Gasteiger partial charge in [0.15, 0.2) is 0 Å². The Hall–Kier alpha value is -0.340. The lowest BCUT2D eigenvalue weighted by atomic mass is 10.0. The lowest BCUT2D eigenvalue weighted by Gasteiger charge is -2.16. The van der Waals surface area contributed by atoms with Crippen molar-refractivity contribution in [2.24, 2.45) is 23.7 Å². The predicted octanol–water partition coefficient (Wildman–Crippen LogP) is 3.44. The van der Waals surface area contributed by atoms with Crippen LogP contribution in [-0.2, 0) is 0 Å². The van der Waals surface area contributed by atoms with E-state index in [1.165, 1.54) is 18.4 Å². The van der Waals surface area contributed by atoms with Crippen molar-refractivity contribution in [3.05, 3.63) is 22.4 Å². The Balaban J connectivity index is 1.44. The third-order valence-electron chi connectivity index (χ3n) is 5.22. The molecule has 86 valence electrons. The summed E-state index contributed by atoms with van der Waals surface area (Å²) in [7, 11) is 0. The van der Waals surface area contributed by atoms with E-state index in [2.05, 4.69) is 29.1 Å². The molecule has 5 atom stereocenters. The van der Waals surface area contributed by atoms with Crippen LogP contribution in [0.2, 0.25) is 0 Å². The summed E-state index contributed by atoms with van der Waals surface area (Å²) in [5.74, 6) is 4.28. The molecule has 1 nitrogen and oxygen atoms in total. The van der Waals surface area contributed by atoms with Crippen molar-refractivity contribution < 1.29 is 0 Å². The second-order valence-corrected chi connectivity index (χ2v) is 6.74. The summed E-state index contributed by atoms with van der Waals surface area (Å²) in [6, 6.07) is 3.68. The van der Waals surface area contributed by atoms with Crippen LogP contribution in [0.4, 0.5) is 0 Å². The molecule has 16 heavy (non-hydrogen) atoms. The quantitative estimate of drug-likeness (QED) is 0.843. The lowest BCUT2D eigenvalue weighted by Crippen LogP contribution is -2.25. The zero-order valence-electron chi connectivity index (χ0n) is 9.73. The Morgan fingerprint density at radius 3 is 2.69 bits per heavy atom. The van der Waals surface area contributed by atoms with Gasteiger partial charge in [-0.05, 0) is 72.2 Å². The van der Waals surface area contributed by atoms with Crippen LogP contribution in [-0.4, -0.2) is 6.04 Å². The maximum atomic E-state index is 3.87. The minimum atomic E-state index is 0.557. The first kappa shape index (κ1) is 9.67. The van der Waals surface area contributed by atoms with Crippen LogP contribution in [0, 0.1) is 23.7 Å². The smallest absolute Gasteiger partial charge is 0.0302 e. The third-order valence-corrected chi connectivity index (χ3v) is 5.92. The molecular formula is C14H19NS. The molecule has 3 fully saturated rings. The van der Waals surface area contributed by atoms with Gasteiger partial charge in [-0.3, -0.25) is 0 Å². The molecule has 0 radical (unpaired) electrons. The first-order valence-electron chi connectivity index (χ1n) is 6.63. The Morgan fingerprint density at radius 2 is 2.06 bits per heavy atom. The summed E-state index contributed by atoms with van der Waals surface area (Å²) in [6.07, 6.45) is 4.61. The van der Waals surface area contributed by atoms with E-state index in [-0.39, 0.29) is 0 Å². The average Bonchev–Trinajstić information content (AvgIpc) is 2.81. The fraction of sp³-hybridized carbons (Fsp3) is 0.714. The molecule has 3 saturated carbocycles. The van der Waals surface area contributed by atoms with Gasteiger partial charge in [0.05, 0.1) is 0 Å². The molecule has 2 bridgehead atoms. The van der Waals surface area contributed by atoms with Crippen molar-refractivity contribution in [2.75, 3.05) is 0 Å². The summed E-state index contributed by atoms with van der Waals surface area (Å²) in [5, 5.41) is 8.33. The lowest BCUT2D eigenvalue weighted by molar-refractivity contribution is 0.433. The second-order valence-electron chi connectivity index (χ2n) is 5.96. The maximum Gasteiger partial charge on any atom is 0.0302 e. The molecule has 1 aromatic heterocycles. The Kier molecular flexibility index (Phi) is 2.01. The van der Waals surface area contributed by atoms with Crippen molar-refractivity contribution in [1.29, 1.82) is 0 Å². The monoisotopic (exact) mass is 233 g/mol. The normalized spacial score (nSPS) is 45.7. The standard InChI is InChI=1S/C14H19NS/c1-8(11-4-5-16-7-11)15-14-12-9-2-3-10(6-9)13(12)14/h4-5,7-10,12-15H,2-3,6H2,1H3. The highest BCUT2D eigenvalue weighted by molar-refractivity contribution is 7.07. The molecule has 3 aliphatic rings. The van der Waals surface area contributed by atoms with E-state index in [9.17, 15) is 0 Å². The van der Waals surface area contributed by atoms with E-state index in [4.69, 9.17) is 0 Å². The number of thiophene rings is 1. The van der Waals surface area contributed by atoms with Crippen LogP contribution in [0.3, 0.4) is 0 Å². The van der Waals surface area contributed by atoms with Gasteiger partial charge in [0.1, 0.15) is 0 Å². The Morgan fingerprint density at radius 1 is 1.31 bits per heavy atom. The fourth-order valence-electron chi connectivity index (χ4n) is 4.45.